The van der Waals surface area contributed by atoms with Crippen LogP contribution in [0.1, 0.15) is 16.5 Å². The molecule has 0 saturated carbocycles. The van der Waals surface area contributed by atoms with E-state index >= 15 is 0 Å². The fraction of sp³-hybridized carbons (Fsp3) is 0.176. The zero-order valence-corrected chi connectivity index (χ0v) is 13.5. The van der Waals surface area contributed by atoms with E-state index in [0.717, 1.165) is 16.2 Å². The van der Waals surface area contributed by atoms with Crippen molar-refractivity contribution < 1.29 is 4.74 Å². The van der Waals surface area contributed by atoms with Crippen molar-refractivity contribution in [2.45, 2.75) is 6.04 Å². The molecule has 1 N–H and O–H groups in total. The van der Waals surface area contributed by atoms with Crippen molar-refractivity contribution in [1.29, 1.82) is 0 Å². The van der Waals surface area contributed by atoms with E-state index in [9.17, 15) is 0 Å². The summed E-state index contributed by atoms with van der Waals surface area (Å²) < 4.78 is 5.47. The van der Waals surface area contributed by atoms with Crippen molar-refractivity contribution in [3.05, 3.63) is 63.3 Å². The summed E-state index contributed by atoms with van der Waals surface area (Å²) in [5.41, 5.74) is 1.21. The van der Waals surface area contributed by atoms with Crippen LogP contribution in [-0.4, -0.2) is 14.2 Å². The Morgan fingerprint density at radius 3 is 2.57 bits per heavy atom. The number of fused-ring (bicyclic) bond motifs is 1. The van der Waals surface area contributed by atoms with Gasteiger partial charge >= 0.3 is 0 Å². The summed E-state index contributed by atoms with van der Waals surface area (Å²) in [4.78, 5) is 1.17. The predicted molar refractivity (Wildman–Crippen MR) is 90.7 cm³/mol. The Morgan fingerprint density at radius 2 is 1.86 bits per heavy atom. The normalized spacial score (nSPS) is 12.5. The number of thiophene rings is 1. The van der Waals surface area contributed by atoms with Crippen molar-refractivity contribution in [2.75, 3.05) is 14.2 Å². The third-order valence-corrected chi connectivity index (χ3v) is 4.94. The van der Waals surface area contributed by atoms with Crippen LogP contribution >= 0.6 is 22.9 Å². The molecule has 0 aliphatic carbocycles. The average molecular weight is 318 g/mol. The highest BCUT2D eigenvalue weighted by molar-refractivity contribution is 7.10. The Bertz CT molecular complexity index is 768. The SMILES string of the molecule is CNC(c1sccc1OC)c1ccc(Cl)c2ccccc12. The molecule has 0 saturated heterocycles. The molecule has 0 bridgehead atoms. The first-order valence-electron chi connectivity index (χ1n) is 6.72. The molecule has 3 rings (SSSR count). The molecule has 21 heavy (non-hydrogen) atoms. The Kier molecular flexibility index (Phi) is 4.15. The second kappa shape index (κ2) is 6.06. The van der Waals surface area contributed by atoms with Crippen LogP contribution in [0.15, 0.2) is 47.8 Å². The lowest BCUT2D eigenvalue weighted by Crippen LogP contribution is -2.17. The summed E-state index contributed by atoms with van der Waals surface area (Å²) in [5.74, 6) is 0.915. The van der Waals surface area contributed by atoms with Gasteiger partial charge in [-0.15, -0.1) is 11.3 Å². The van der Waals surface area contributed by atoms with E-state index < -0.39 is 0 Å². The van der Waals surface area contributed by atoms with E-state index in [0.29, 0.717) is 0 Å². The van der Waals surface area contributed by atoms with Gasteiger partial charge in [0.2, 0.25) is 0 Å². The van der Waals surface area contributed by atoms with Gasteiger partial charge in [-0.1, -0.05) is 41.9 Å². The maximum atomic E-state index is 6.32. The zero-order valence-electron chi connectivity index (χ0n) is 11.9. The quantitative estimate of drug-likeness (QED) is 0.741. The monoisotopic (exact) mass is 317 g/mol. The van der Waals surface area contributed by atoms with E-state index in [1.54, 1.807) is 18.4 Å². The second-order valence-corrected chi connectivity index (χ2v) is 6.11. The fourth-order valence-electron chi connectivity index (χ4n) is 2.65. The third-order valence-electron chi connectivity index (χ3n) is 3.64. The number of hydrogen-bond donors (Lipinski definition) is 1. The molecule has 0 fully saturated rings. The molecule has 2 aromatic carbocycles. The zero-order chi connectivity index (χ0) is 14.8. The van der Waals surface area contributed by atoms with Crippen molar-refractivity contribution in [3.63, 3.8) is 0 Å². The van der Waals surface area contributed by atoms with Crippen molar-refractivity contribution in [1.82, 2.24) is 5.32 Å². The minimum Gasteiger partial charge on any atom is -0.496 e. The van der Waals surface area contributed by atoms with Gasteiger partial charge in [0, 0.05) is 10.4 Å². The smallest absolute Gasteiger partial charge is 0.134 e. The van der Waals surface area contributed by atoms with Gasteiger partial charge in [-0.05, 0) is 35.5 Å². The molecule has 0 spiro atoms. The number of hydrogen-bond acceptors (Lipinski definition) is 3. The third kappa shape index (κ3) is 2.53. The van der Waals surface area contributed by atoms with Crippen molar-refractivity contribution >= 4 is 33.7 Å². The number of rotatable bonds is 4. The van der Waals surface area contributed by atoms with Gasteiger partial charge < -0.3 is 10.1 Å². The Hall–Kier alpha value is -1.55. The van der Waals surface area contributed by atoms with Gasteiger partial charge in [0.1, 0.15) is 5.75 Å². The van der Waals surface area contributed by atoms with Gasteiger partial charge in [-0.25, -0.2) is 0 Å². The highest BCUT2D eigenvalue weighted by atomic mass is 35.5. The molecule has 4 heteroatoms. The molecule has 2 nitrogen and oxygen atoms in total. The van der Waals surface area contributed by atoms with Gasteiger partial charge in [0.05, 0.1) is 18.0 Å². The average Bonchev–Trinajstić information content (AvgIpc) is 2.99. The highest BCUT2D eigenvalue weighted by Crippen LogP contribution is 2.38. The molecule has 108 valence electrons. The van der Waals surface area contributed by atoms with Crippen LogP contribution in [0.5, 0.6) is 5.75 Å². The number of ether oxygens (including phenoxy) is 1. The Balaban J connectivity index is 2.20. The number of benzene rings is 2. The molecular formula is C17H16ClNOS. The highest BCUT2D eigenvalue weighted by Gasteiger charge is 2.20. The number of methoxy groups -OCH3 is 1. The molecule has 1 atom stereocenters. The molecule has 0 amide bonds. The molecule has 0 aliphatic heterocycles. The first-order chi connectivity index (χ1) is 10.3. The van der Waals surface area contributed by atoms with Crippen LogP contribution in [0.4, 0.5) is 0 Å². The van der Waals surface area contributed by atoms with Gasteiger partial charge in [-0.3, -0.25) is 0 Å². The first-order valence-corrected chi connectivity index (χ1v) is 7.97. The maximum absolute atomic E-state index is 6.32. The summed E-state index contributed by atoms with van der Waals surface area (Å²) in [5, 5.41) is 8.47. The molecule has 1 unspecified atom stereocenters. The Morgan fingerprint density at radius 1 is 1.10 bits per heavy atom. The minimum atomic E-state index is 0.0853. The summed E-state index contributed by atoms with van der Waals surface area (Å²) in [6.07, 6.45) is 0. The van der Waals surface area contributed by atoms with Crippen LogP contribution in [0, 0.1) is 0 Å². The molecule has 1 heterocycles. The lowest BCUT2D eigenvalue weighted by atomic mass is 9.97. The summed E-state index contributed by atoms with van der Waals surface area (Å²) >= 11 is 8.01. The van der Waals surface area contributed by atoms with Crippen LogP contribution in [-0.2, 0) is 0 Å². The van der Waals surface area contributed by atoms with E-state index in [-0.39, 0.29) is 6.04 Å². The molecular weight excluding hydrogens is 302 g/mol. The van der Waals surface area contributed by atoms with Gasteiger partial charge in [0.25, 0.3) is 0 Å². The largest absolute Gasteiger partial charge is 0.496 e. The van der Waals surface area contributed by atoms with Gasteiger partial charge in [0.15, 0.2) is 0 Å². The van der Waals surface area contributed by atoms with Crippen LogP contribution in [0.3, 0.4) is 0 Å². The van der Waals surface area contributed by atoms with E-state index in [2.05, 4.69) is 28.9 Å². The van der Waals surface area contributed by atoms with Crippen LogP contribution < -0.4 is 10.1 Å². The number of halogens is 1. The van der Waals surface area contributed by atoms with Crippen molar-refractivity contribution in [3.8, 4) is 5.75 Å². The first kappa shape index (κ1) is 14.4. The van der Waals surface area contributed by atoms with Crippen molar-refractivity contribution in [2.24, 2.45) is 0 Å². The summed E-state index contributed by atoms with van der Waals surface area (Å²) in [6, 6.07) is 14.4. The van der Waals surface area contributed by atoms with E-state index in [1.165, 1.54) is 15.8 Å². The van der Waals surface area contributed by atoms with Crippen LogP contribution in [0.2, 0.25) is 5.02 Å². The van der Waals surface area contributed by atoms with Gasteiger partial charge in [-0.2, -0.15) is 0 Å². The maximum Gasteiger partial charge on any atom is 0.134 e. The molecule has 3 aromatic rings. The standard InChI is InChI=1S/C17H16ClNOS/c1-19-16(17-15(20-2)9-10-21-17)13-7-8-14(18)12-6-4-3-5-11(12)13/h3-10,16,19H,1-2H3. The second-order valence-electron chi connectivity index (χ2n) is 4.76. The Labute approximate surface area is 133 Å². The molecule has 1 aromatic heterocycles. The fourth-order valence-corrected chi connectivity index (χ4v) is 3.87. The predicted octanol–water partition coefficient (Wildman–Crippen LogP) is 4.87. The summed E-state index contributed by atoms with van der Waals surface area (Å²) in [7, 11) is 3.67. The molecule has 0 aliphatic rings. The summed E-state index contributed by atoms with van der Waals surface area (Å²) in [6.45, 7) is 0. The van der Waals surface area contributed by atoms with Crippen LogP contribution in [0.25, 0.3) is 10.8 Å². The lowest BCUT2D eigenvalue weighted by Gasteiger charge is -2.19. The number of nitrogens with one attached hydrogen (secondary N) is 1. The van der Waals surface area contributed by atoms with E-state index in [4.69, 9.17) is 16.3 Å². The minimum absolute atomic E-state index is 0.0853. The van der Waals surface area contributed by atoms with E-state index in [1.807, 2.05) is 31.3 Å². The molecule has 0 radical (unpaired) electrons. The topological polar surface area (TPSA) is 21.3 Å². The lowest BCUT2D eigenvalue weighted by molar-refractivity contribution is 0.409.